The molecule has 1 aromatic rings. The topological polar surface area (TPSA) is 59.0 Å². The highest BCUT2D eigenvalue weighted by Crippen LogP contribution is 2.27. The van der Waals surface area contributed by atoms with Crippen molar-refractivity contribution in [3.05, 3.63) is 29.0 Å². The fourth-order valence-corrected chi connectivity index (χ4v) is 2.39. The Kier molecular flexibility index (Phi) is 6.03. The first-order chi connectivity index (χ1) is 8.58. The van der Waals surface area contributed by atoms with Crippen molar-refractivity contribution >= 4 is 34.2 Å². The molecule has 0 aromatic carbocycles. The molecule has 2 atom stereocenters. The van der Waals surface area contributed by atoms with E-state index >= 15 is 0 Å². The van der Waals surface area contributed by atoms with Crippen molar-refractivity contribution in [3.8, 4) is 0 Å². The van der Waals surface area contributed by atoms with Gasteiger partial charge in [0.1, 0.15) is 0 Å². The molecule has 1 saturated heterocycles. The number of nitrogens with zero attached hydrogens (tertiary/aromatic N) is 2. The monoisotopic (exact) mass is 348 g/mol. The van der Waals surface area contributed by atoms with E-state index in [4.69, 9.17) is 0 Å². The molecule has 2 rings (SSSR count). The van der Waals surface area contributed by atoms with Gasteiger partial charge in [0.25, 0.3) is 0 Å². The third kappa shape index (κ3) is 4.06. The highest BCUT2D eigenvalue weighted by molar-refractivity contribution is 9.11. The van der Waals surface area contributed by atoms with Crippen molar-refractivity contribution in [1.82, 2.24) is 20.4 Å². The molecule has 1 aromatic heterocycles. The lowest BCUT2D eigenvalue weighted by Crippen LogP contribution is -2.34. The summed E-state index contributed by atoms with van der Waals surface area (Å²) in [5, 5.41) is 10.3. The van der Waals surface area contributed by atoms with E-state index in [0.29, 0.717) is 13.1 Å². The summed E-state index contributed by atoms with van der Waals surface area (Å²) in [6, 6.07) is 0. The van der Waals surface area contributed by atoms with Gasteiger partial charge in [-0.15, -0.1) is 12.4 Å². The molecule has 1 aliphatic rings. The molecule has 0 bridgehead atoms. The second-order valence-corrected chi connectivity index (χ2v) is 5.68. The predicted octanol–water partition coefficient (Wildman–Crippen LogP) is 1.17. The Labute approximate surface area is 127 Å². The molecule has 7 heteroatoms. The number of aromatic nitrogens is 2. The van der Waals surface area contributed by atoms with Crippen LogP contribution >= 0.6 is 28.3 Å². The maximum atomic E-state index is 12.1. The van der Waals surface area contributed by atoms with Gasteiger partial charge < -0.3 is 10.6 Å². The minimum Gasteiger partial charge on any atom is -0.351 e. The Morgan fingerprint density at radius 2 is 2.42 bits per heavy atom. The lowest BCUT2D eigenvalue weighted by Gasteiger charge is -2.16. The minimum atomic E-state index is -0.0407. The zero-order chi connectivity index (χ0) is 13.1. The van der Waals surface area contributed by atoms with E-state index in [1.807, 2.05) is 19.4 Å². The Balaban J connectivity index is 0.00000180. The predicted molar refractivity (Wildman–Crippen MR) is 80.6 cm³/mol. The van der Waals surface area contributed by atoms with Crippen LogP contribution in [0.25, 0.3) is 0 Å². The van der Waals surface area contributed by atoms with Crippen LogP contribution in [-0.4, -0.2) is 35.3 Å². The molecule has 2 heterocycles. The van der Waals surface area contributed by atoms with Gasteiger partial charge in [0, 0.05) is 43.3 Å². The van der Waals surface area contributed by atoms with Crippen molar-refractivity contribution in [2.24, 2.45) is 13.0 Å². The lowest BCUT2D eigenvalue weighted by molar-refractivity contribution is -0.124. The van der Waals surface area contributed by atoms with Gasteiger partial charge >= 0.3 is 0 Å². The zero-order valence-corrected chi connectivity index (χ0v) is 13.1. The third-order valence-corrected chi connectivity index (χ3v) is 3.44. The molecule has 0 unspecified atom stereocenters. The maximum Gasteiger partial charge on any atom is 0.225 e. The molecule has 0 aliphatic carbocycles. The molecule has 106 valence electrons. The molecule has 5 nitrogen and oxygen atoms in total. The first kappa shape index (κ1) is 16.2. The van der Waals surface area contributed by atoms with E-state index in [1.165, 1.54) is 0 Å². The van der Waals surface area contributed by atoms with Gasteiger partial charge in [0.05, 0.1) is 12.1 Å². The average molecular weight is 350 g/mol. The van der Waals surface area contributed by atoms with Crippen LogP contribution in [0.15, 0.2) is 23.5 Å². The lowest BCUT2D eigenvalue weighted by atomic mass is 9.90. The van der Waals surface area contributed by atoms with E-state index in [0.717, 1.165) is 16.6 Å². The summed E-state index contributed by atoms with van der Waals surface area (Å²) in [6.45, 7) is 5.70. The van der Waals surface area contributed by atoms with Gasteiger partial charge in [-0.1, -0.05) is 22.5 Å². The first-order valence-corrected chi connectivity index (χ1v) is 6.67. The molecular weight excluding hydrogens is 332 g/mol. The molecule has 0 radical (unpaired) electrons. The summed E-state index contributed by atoms with van der Waals surface area (Å²) in [4.78, 5) is 12.1. The quantitative estimate of drug-likeness (QED) is 0.858. The van der Waals surface area contributed by atoms with E-state index < -0.39 is 0 Å². The highest BCUT2D eigenvalue weighted by Gasteiger charge is 2.34. The van der Waals surface area contributed by atoms with Crippen LogP contribution in [0.1, 0.15) is 11.5 Å². The van der Waals surface area contributed by atoms with Crippen LogP contribution < -0.4 is 10.6 Å². The van der Waals surface area contributed by atoms with E-state index in [-0.39, 0.29) is 30.2 Å². The van der Waals surface area contributed by atoms with Gasteiger partial charge in [-0.3, -0.25) is 9.48 Å². The van der Waals surface area contributed by atoms with Crippen LogP contribution in [0.2, 0.25) is 0 Å². The number of aryl methyl sites for hydroxylation is 1. The standard InChI is InChI=1S/C12H17BrN4O.ClH/c1-8(13)3-15-12(18)11-6-14-5-10(11)9-4-16-17(2)7-9;/h4,7,10-11,14H,1,3,5-6H2,2H3,(H,15,18);1H/t10-,11+;/m1./s1. The number of rotatable bonds is 4. The van der Waals surface area contributed by atoms with Crippen LogP contribution in [0.4, 0.5) is 0 Å². The minimum absolute atomic E-state index is 0. The number of nitrogens with one attached hydrogen (secondary N) is 2. The Morgan fingerprint density at radius 3 is 3.00 bits per heavy atom. The van der Waals surface area contributed by atoms with Crippen LogP contribution in [0, 0.1) is 5.92 Å². The van der Waals surface area contributed by atoms with Crippen LogP contribution in [-0.2, 0) is 11.8 Å². The number of carbonyl (C=O) groups excluding carboxylic acids is 1. The second kappa shape index (κ2) is 7.07. The number of hydrogen-bond acceptors (Lipinski definition) is 3. The average Bonchev–Trinajstić information content (AvgIpc) is 2.93. The second-order valence-electron chi connectivity index (χ2n) is 4.55. The third-order valence-electron chi connectivity index (χ3n) is 3.16. The summed E-state index contributed by atoms with van der Waals surface area (Å²) in [6.07, 6.45) is 3.81. The van der Waals surface area contributed by atoms with Crippen LogP contribution in [0.3, 0.4) is 0 Å². The van der Waals surface area contributed by atoms with Crippen LogP contribution in [0.5, 0.6) is 0 Å². The van der Waals surface area contributed by atoms with E-state index in [2.05, 4.69) is 38.2 Å². The maximum absolute atomic E-state index is 12.1. The SMILES string of the molecule is C=C(Br)CNC(=O)[C@H]1CNC[C@@H]1c1cnn(C)c1.Cl. The highest BCUT2D eigenvalue weighted by atomic mass is 79.9. The number of carbonyl (C=O) groups is 1. The fourth-order valence-electron chi connectivity index (χ4n) is 2.25. The number of amides is 1. The Bertz CT molecular complexity index is 462. The first-order valence-electron chi connectivity index (χ1n) is 5.88. The van der Waals surface area contributed by atoms with Crippen molar-refractivity contribution in [2.45, 2.75) is 5.92 Å². The van der Waals surface area contributed by atoms with Crippen molar-refractivity contribution in [3.63, 3.8) is 0 Å². The summed E-state index contributed by atoms with van der Waals surface area (Å²) >= 11 is 3.24. The summed E-state index contributed by atoms with van der Waals surface area (Å²) < 4.78 is 2.54. The fraction of sp³-hybridized carbons (Fsp3) is 0.500. The summed E-state index contributed by atoms with van der Waals surface area (Å²) in [5.41, 5.74) is 1.11. The van der Waals surface area contributed by atoms with Gasteiger partial charge in [-0.05, 0) is 5.56 Å². The molecule has 19 heavy (non-hydrogen) atoms. The molecule has 0 saturated carbocycles. The molecule has 2 N–H and O–H groups in total. The van der Waals surface area contributed by atoms with Crippen molar-refractivity contribution < 1.29 is 4.79 Å². The molecule has 1 amide bonds. The van der Waals surface area contributed by atoms with Gasteiger partial charge in [0.2, 0.25) is 5.91 Å². The molecule has 1 aliphatic heterocycles. The normalized spacial score (nSPS) is 21.8. The van der Waals surface area contributed by atoms with Crippen molar-refractivity contribution in [1.29, 1.82) is 0 Å². The Hall–Kier alpha value is -0.850. The summed E-state index contributed by atoms with van der Waals surface area (Å²) in [5.74, 6) is 0.220. The van der Waals surface area contributed by atoms with Crippen molar-refractivity contribution in [2.75, 3.05) is 19.6 Å². The number of halogens is 2. The summed E-state index contributed by atoms with van der Waals surface area (Å²) in [7, 11) is 1.88. The smallest absolute Gasteiger partial charge is 0.225 e. The largest absolute Gasteiger partial charge is 0.351 e. The molecule has 1 fully saturated rings. The van der Waals surface area contributed by atoms with Gasteiger partial charge in [-0.2, -0.15) is 5.10 Å². The Morgan fingerprint density at radius 1 is 1.68 bits per heavy atom. The number of hydrogen-bond donors (Lipinski definition) is 2. The molecular formula is C12H18BrClN4O. The van der Waals surface area contributed by atoms with E-state index in [1.54, 1.807) is 4.68 Å². The van der Waals surface area contributed by atoms with E-state index in [9.17, 15) is 4.79 Å². The molecule has 0 spiro atoms. The van der Waals surface area contributed by atoms with Gasteiger partial charge in [-0.25, -0.2) is 0 Å². The van der Waals surface area contributed by atoms with Gasteiger partial charge in [0.15, 0.2) is 0 Å². The zero-order valence-electron chi connectivity index (χ0n) is 10.7.